The summed E-state index contributed by atoms with van der Waals surface area (Å²) < 4.78 is 8.84. The summed E-state index contributed by atoms with van der Waals surface area (Å²) in [5.74, 6) is 0.0829. The number of ketones is 1. The molecule has 1 heterocycles. The van der Waals surface area contributed by atoms with Crippen molar-refractivity contribution in [2.75, 3.05) is 11.9 Å². The summed E-state index contributed by atoms with van der Waals surface area (Å²) in [5, 5.41) is 1.37. The summed E-state index contributed by atoms with van der Waals surface area (Å²) in [6.07, 6.45) is 1.98. The Hall–Kier alpha value is -0.433. The minimum absolute atomic E-state index is 0.0829. The lowest BCUT2D eigenvalue weighted by Crippen LogP contribution is -2.22. The summed E-state index contributed by atoms with van der Waals surface area (Å²) >= 11 is 6.81. The summed E-state index contributed by atoms with van der Waals surface area (Å²) in [7, 11) is -1.08. The van der Waals surface area contributed by atoms with Crippen LogP contribution in [0.2, 0.25) is 25.7 Å². The SMILES string of the molecule is C[Si](C)(C)CCOCn1ccc2c(Br)ccc(C(=O)CBr)c21. The van der Waals surface area contributed by atoms with Gasteiger partial charge in [-0.15, -0.1) is 0 Å². The number of nitrogens with zero attached hydrogens (tertiary/aromatic N) is 1. The number of halogens is 2. The van der Waals surface area contributed by atoms with Crippen LogP contribution < -0.4 is 0 Å². The zero-order chi connectivity index (χ0) is 16.3. The van der Waals surface area contributed by atoms with Crippen LogP contribution in [0.3, 0.4) is 0 Å². The largest absolute Gasteiger partial charge is 0.361 e. The van der Waals surface area contributed by atoms with E-state index in [1.807, 2.05) is 29.0 Å². The molecule has 0 aliphatic rings. The van der Waals surface area contributed by atoms with Gasteiger partial charge >= 0.3 is 0 Å². The first-order valence-corrected chi connectivity index (χ1v) is 12.9. The number of Topliss-reactive ketones (excluding diaryl/α,β-unsaturated/α-hetero) is 1. The van der Waals surface area contributed by atoms with Gasteiger partial charge in [0.25, 0.3) is 0 Å². The van der Waals surface area contributed by atoms with Crippen LogP contribution in [0.15, 0.2) is 28.9 Å². The van der Waals surface area contributed by atoms with E-state index in [-0.39, 0.29) is 5.78 Å². The molecule has 0 aliphatic heterocycles. The summed E-state index contributed by atoms with van der Waals surface area (Å²) in [6, 6.07) is 6.96. The first-order valence-electron chi connectivity index (χ1n) is 7.28. The summed E-state index contributed by atoms with van der Waals surface area (Å²) in [6.45, 7) is 8.26. The van der Waals surface area contributed by atoms with Gasteiger partial charge in [-0.1, -0.05) is 51.5 Å². The van der Waals surface area contributed by atoms with Crippen molar-refractivity contribution >= 4 is 56.6 Å². The number of carbonyl (C=O) groups excluding carboxylic acids is 1. The quantitative estimate of drug-likeness (QED) is 0.250. The molecule has 0 unspecified atom stereocenters. The number of hydrogen-bond donors (Lipinski definition) is 0. The van der Waals surface area contributed by atoms with Crippen LogP contribution in [0.25, 0.3) is 10.9 Å². The Bertz CT molecular complexity index is 677. The maximum absolute atomic E-state index is 12.1. The van der Waals surface area contributed by atoms with E-state index in [1.54, 1.807) is 0 Å². The Morgan fingerprint density at radius 3 is 2.64 bits per heavy atom. The highest BCUT2D eigenvalue weighted by Gasteiger charge is 2.15. The van der Waals surface area contributed by atoms with Crippen LogP contribution >= 0.6 is 31.9 Å². The number of ether oxygens (including phenoxy) is 1. The third-order valence-corrected chi connectivity index (χ3v) is 6.43. The number of alkyl halides is 1. The van der Waals surface area contributed by atoms with Gasteiger partial charge in [0.2, 0.25) is 0 Å². The van der Waals surface area contributed by atoms with Crippen LogP contribution in [0, 0.1) is 0 Å². The topological polar surface area (TPSA) is 31.2 Å². The molecule has 0 saturated heterocycles. The zero-order valence-electron chi connectivity index (χ0n) is 13.2. The van der Waals surface area contributed by atoms with E-state index in [9.17, 15) is 4.79 Å². The maximum atomic E-state index is 12.1. The van der Waals surface area contributed by atoms with Gasteiger partial charge in [0, 0.05) is 36.3 Å². The van der Waals surface area contributed by atoms with E-state index < -0.39 is 8.07 Å². The van der Waals surface area contributed by atoms with Crippen molar-refractivity contribution in [3.8, 4) is 0 Å². The van der Waals surface area contributed by atoms with Crippen molar-refractivity contribution in [3.05, 3.63) is 34.4 Å². The number of hydrogen-bond acceptors (Lipinski definition) is 2. The fourth-order valence-corrected chi connectivity index (χ4v) is 3.75. The molecular formula is C16H21Br2NO2Si. The molecule has 120 valence electrons. The van der Waals surface area contributed by atoms with E-state index in [2.05, 4.69) is 51.5 Å². The molecular weight excluding hydrogens is 426 g/mol. The molecule has 1 aromatic heterocycles. The van der Waals surface area contributed by atoms with Crippen molar-refractivity contribution in [1.82, 2.24) is 4.57 Å². The molecule has 0 aliphatic carbocycles. The Morgan fingerprint density at radius 2 is 2.00 bits per heavy atom. The number of rotatable bonds is 7. The molecule has 2 aromatic rings. The number of carbonyl (C=O) groups is 1. The van der Waals surface area contributed by atoms with Crippen molar-refractivity contribution in [2.24, 2.45) is 0 Å². The van der Waals surface area contributed by atoms with Crippen LogP contribution in [0.4, 0.5) is 0 Å². The molecule has 0 fully saturated rings. The van der Waals surface area contributed by atoms with Crippen LogP contribution in [0.5, 0.6) is 0 Å². The lowest BCUT2D eigenvalue weighted by Gasteiger charge is -2.16. The second kappa shape index (κ2) is 7.42. The second-order valence-electron chi connectivity index (χ2n) is 6.55. The minimum Gasteiger partial charge on any atom is -0.361 e. The highest BCUT2D eigenvalue weighted by molar-refractivity contribution is 9.10. The highest BCUT2D eigenvalue weighted by atomic mass is 79.9. The number of aromatic nitrogens is 1. The third-order valence-electron chi connectivity index (χ3n) is 3.52. The van der Waals surface area contributed by atoms with Gasteiger partial charge in [-0.2, -0.15) is 0 Å². The first-order chi connectivity index (χ1) is 10.3. The van der Waals surface area contributed by atoms with Gasteiger partial charge in [-0.3, -0.25) is 4.79 Å². The summed E-state index contributed by atoms with van der Waals surface area (Å²) in [4.78, 5) is 12.1. The second-order valence-corrected chi connectivity index (χ2v) is 13.6. The Balaban J connectivity index is 2.23. The molecule has 0 amide bonds. The molecule has 0 atom stereocenters. The predicted molar refractivity (Wildman–Crippen MR) is 102 cm³/mol. The zero-order valence-corrected chi connectivity index (χ0v) is 17.3. The number of benzene rings is 1. The molecule has 0 bridgehead atoms. The first kappa shape index (κ1) is 17.9. The van der Waals surface area contributed by atoms with Crippen molar-refractivity contribution in [3.63, 3.8) is 0 Å². The lowest BCUT2D eigenvalue weighted by molar-refractivity contribution is 0.0899. The standard InChI is InChI=1S/C16H21Br2NO2Si/c1-22(2,3)9-8-21-11-19-7-6-12-14(18)5-4-13(16(12)19)15(20)10-17/h4-7H,8-11H2,1-3H3. The van der Waals surface area contributed by atoms with E-state index in [1.165, 1.54) is 0 Å². The average Bonchev–Trinajstić information content (AvgIpc) is 2.87. The molecule has 0 spiro atoms. The Labute approximate surface area is 149 Å². The molecule has 1 aromatic carbocycles. The van der Waals surface area contributed by atoms with E-state index in [4.69, 9.17) is 4.74 Å². The monoisotopic (exact) mass is 445 g/mol. The smallest absolute Gasteiger partial charge is 0.175 e. The van der Waals surface area contributed by atoms with Crippen molar-refractivity contribution in [1.29, 1.82) is 0 Å². The molecule has 0 saturated carbocycles. The Kier molecular flexibility index (Phi) is 6.05. The normalized spacial score (nSPS) is 12.0. The van der Waals surface area contributed by atoms with Crippen molar-refractivity contribution < 1.29 is 9.53 Å². The van der Waals surface area contributed by atoms with Gasteiger partial charge in [-0.25, -0.2) is 0 Å². The molecule has 2 rings (SSSR count). The van der Waals surface area contributed by atoms with Crippen LogP contribution in [-0.2, 0) is 11.5 Å². The Morgan fingerprint density at radius 1 is 1.27 bits per heavy atom. The fraction of sp³-hybridized carbons (Fsp3) is 0.438. The van der Waals surface area contributed by atoms with Crippen LogP contribution in [-0.4, -0.2) is 30.4 Å². The molecule has 6 heteroatoms. The minimum atomic E-state index is -1.08. The van der Waals surface area contributed by atoms with Crippen LogP contribution in [0.1, 0.15) is 10.4 Å². The molecule has 0 radical (unpaired) electrons. The van der Waals surface area contributed by atoms with E-state index in [0.29, 0.717) is 12.1 Å². The van der Waals surface area contributed by atoms with E-state index >= 15 is 0 Å². The van der Waals surface area contributed by atoms with Crippen molar-refractivity contribution in [2.45, 2.75) is 32.4 Å². The molecule has 0 N–H and O–H groups in total. The maximum Gasteiger partial charge on any atom is 0.175 e. The van der Waals surface area contributed by atoms with Gasteiger partial charge in [0.15, 0.2) is 5.78 Å². The van der Waals surface area contributed by atoms with E-state index in [0.717, 1.165) is 33.6 Å². The van der Waals surface area contributed by atoms with Gasteiger partial charge in [0.1, 0.15) is 6.73 Å². The number of fused-ring (bicyclic) bond motifs is 1. The molecule has 22 heavy (non-hydrogen) atoms. The highest BCUT2D eigenvalue weighted by Crippen LogP contribution is 2.29. The lowest BCUT2D eigenvalue weighted by atomic mass is 10.1. The fourth-order valence-electron chi connectivity index (χ4n) is 2.24. The third kappa shape index (κ3) is 4.31. The predicted octanol–water partition coefficient (Wildman–Crippen LogP) is 5.29. The van der Waals surface area contributed by atoms with Gasteiger partial charge < -0.3 is 9.30 Å². The van der Waals surface area contributed by atoms with Gasteiger partial charge in [-0.05, 0) is 24.2 Å². The van der Waals surface area contributed by atoms with Gasteiger partial charge in [0.05, 0.1) is 10.8 Å². The molecule has 3 nitrogen and oxygen atoms in total. The average molecular weight is 447 g/mol. The summed E-state index contributed by atoms with van der Waals surface area (Å²) in [5.41, 5.74) is 1.67.